The lowest BCUT2D eigenvalue weighted by molar-refractivity contribution is -0.135. The maximum Gasteiger partial charge on any atom is 0.339 e. The molecular formula is C30H47N9O7. The maximum atomic E-state index is 13.4. The molecule has 0 saturated carbocycles. The van der Waals surface area contributed by atoms with Crippen molar-refractivity contribution in [2.75, 3.05) is 5.32 Å². The van der Waals surface area contributed by atoms with Crippen LogP contribution in [0.15, 0.2) is 35.4 Å². The first-order valence-electron chi connectivity index (χ1n) is 15.1. The quantitative estimate of drug-likeness (QED) is 0.0753. The van der Waals surface area contributed by atoms with Crippen LogP contribution < -0.4 is 43.5 Å². The number of rotatable bonds is 19. The third-order valence-corrected chi connectivity index (χ3v) is 6.94. The normalized spacial score (nSPS) is 14.2. The Balaban J connectivity index is 2.99. The Bertz CT molecular complexity index is 1240. The summed E-state index contributed by atoms with van der Waals surface area (Å²) in [6.45, 7) is 8.17. The molecule has 0 aliphatic carbocycles. The molecule has 46 heavy (non-hydrogen) atoms. The van der Waals surface area contributed by atoms with E-state index in [9.17, 15) is 33.6 Å². The van der Waals surface area contributed by atoms with Crippen molar-refractivity contribution in [3.8, 4) is 0 Å². The van der Waals surface area contributed by atoms with Gasteiger partial charge in [-0.15, -0.1) is 0 Å². The number of amides is 8. The molecule has 0 aromatic heterocycles. The number of carbonyl (C=O) groups is 7. The van der Waals surface area contributed by atoms with Gasteiger partial charge in [-0.25, -0.2) is 10.2 Å². The molecule has 254 valence electrons. The number of nitrogens with two attached hydrogens (primary N) is 2. The SMILES string of the molecule is CCC(C)[C@H](NC(=O)[C@H](CCC(N)=O)NC(=O)[C@H](CC/C=N\NC(=O)Nc1ccccc1)NC(C)=O)C(=O)N[C@H](C(N)=O)C(C)C. The van der Waals surface area contributed by atoms with Gasteiger partial charge in [-0.3, -0.25) is 28.8 Å². The van der Waals surface area contributed by atoms with Crippen LogP contribution in [0.2, 0.25) is 0 Å². The van der Waals surface area contributed by atoms with Crippen LogP contribution in [0.25, 0.3) is 0 Å². The third-order valence-electron chi connectivity index (χ3n) is 6.94. The summed E-state index contributed by atoms with van der Waals surface area (Å²) < 4.78 is 0. The maximum absolute atomic E-state index is 13.4. The summed E-state index contributed by atoms with van der Waals surface area (Å²) in [5.74, 6) is -4.80. The molecule has 10 N–H and O–H groups in total. The number of urea groups is 1. The topological polar surface area (TPSA) is 256 Å². The lowest BCUT2D eigenvalue weighted by Gasteiger charge is -2.29. The van der Waals surface area contributed by atoms with Gasteiger partial charge in [-0.2, -0.15) is 5.10 Å². The summed E-state index contributed by atoms with van der Waals surface area (Å²) in [6.07, 6.45) is 1.57. The second kappa shape index (κ2) is 20.1. The number of para-hydroxylation sites is 1. The average molecular weight is 646 g/mol. The molecule has 1 rings (SSSR count). The van der Waals surface area contributed by atoms with Crippen molar-refractivity contribution in [1.82, 2.24) is 26.7 Å². The molecule has 1 aromatic rings. The molecule has 0 bridgehead atoms. The highest BCUT2D eigenvalue weighted by molar-refractivity contribution is 5.96. The Morgan fingerprint density at radius 1 is 0.804 bits per heavy atom. The summed E-state index contributed by atoms with van der Waals surface area (Å²) in [6, 6.07) is 3.63. The van der Waals surface area contributed by atoms with Crippen LogP contribution in [-0.2, 0) is 28.8 Å². The highest BCUT2D eigenvalue weighted by Crippen LogP contribution is 2.12. The molecule has 1 unspecified atom stereocenters. The van der Waals surface area contributed by atoms with Crippen molar-refractivity contribution in [2.45, 2.75) is 90.9 Å². The summed E-state index contributed by atoms with van der Waals surface area (Å²) in [5.41, 5.74) is 13.6. The zero-order valence-corrected chi connectivity index (χ0v) is 26.9. The van der Waals surface area contributed by atoms with Crippen LogP contribution in [0, 0.1) is 11.8 Å². The van der Waals surface area contributed by atoms with Gasteiger partial charge in [-0.1, -0.05) is 52.3 Å². The van der Waals surface area contributed by atoms with E-state index >= 15 is 0 Å². The van der Waals surface area contributed by atoms with Crippen LogP contribution >= 0.6 is 0 Å². The Morgan fingerprint density at radius 3 is 1.93 bits per heavy atom. The fourth-order valence-corrected chi connectivity index (χ4v) is 4.20. The number of nitrogens with one attached hydrogen (secondary N) is 6. The van der Waals surface area contributed by atoms with Gasteiger partial charge < -0.3 is 38.1 Å². The van der Waals surface area contributed by atoms with Gasteiger partial charge in [0.25, 0.3) is 0 Å². The van der Waals surface area contributed by atoms with E-state index in [-0.39, 0.29) is 37.5 Å². The predicted molar refractivity (Wildman–Crippen MR) is 172 cm³/mol. The van der Waals surface area contributed by atoms with Gasteiger partial charge in [0.15, 0.2) is 0 Å². The number of hydrogen-bond donors (Lipinski definition) is 8. The zero-order chi connectivity index (χ0) is 34.8. The standard InChI is InChI=1S/C30H47N9O7/c1-6-18(4)25(29(45)37-24(17(2)3)26(32)42)38-28(44)22(14-15-23(31)41)36-27(43)21(34-19(5)40)13-10-16-33-39-30(46)35-20-11-8-7-9-12-20/h7-9,11-12,16-18,21-22,24-25H,6,10,13-15H2,1-5H3,(H2,31,41)(H2,32,42)(H,34,40)(H,36,43)(H,37,45)(H,38,44)(H2,35,39,46)/b33-16-/t18?,21-,22-,24-,25-/m0/s1. The number of nitrogens with zero attached hydrogens (tertiary/aromatic N) is 1. The zero-order valence-electron chi connectivity index (χ0n) is 26.9. The van der Waals surface area contributed by atoms with E-state index < -0.39 is 65.6 Å². The molecule has 1 aromatic carbocycles. The van der Waals surface area contributed by atoms with Crippen molar-refractivity contribution < 1.29 is 33.6 Å². The molecule has 0 aliphatic heterocycles. The lowest BCUT2D eigenvalue weighted by Crippen LogP contribution is -2.60. The van der Waals surface area contributed by atoms with Gasteiger partial charge in [0.05, 0.1) is 0 Å². The molecule has 0 saturated heterocycles. The average Bonchev–Trinajstić information content (AvgIpc) is 2.98. The van der Waals surface area contributed by atoms with Crippen LogP contribution in [0.5, 0.6) is 0 Å². The van der Waals surface area contributed by atoms with Gasteiger partial charge >= 0.3 is 6.03 Å². The summed E-state index contributed by atoms with van der Waals surface area (Å²) >= 11 is 0. The number of hydrogen-bond acceptors (Lipinski definition) is 8. The molecule has 0 spiro atoms. The first-order chi connectivity index (χ1) is 21.7. The largest absolute Gasteiger partial charge is 0.370 e. The minimum absolute atomic E-state index is 0.0443. The van der Waals surface area contributed by atoms with E-state index in [0.717, 1.165) is 0 Å². The third kappa shape index (κ3) is 14.6. The smallest absolute Gasteiger partial charge is 0.339 e. The predicted octanol–water partition coefficient (Wildman–Crippen LogP) is -0.0139. The fraction of sp³-hybridized carbons (Fsp3) is 0.533. The molecule has 0 heterocycles. The van der Waals surface area contributed by atoms with Crippen LogP contribution in [0.1, 0.15) is 66.7 Å². The monoisotopic (exact) mass is 645 g/mol. The Kier molecular flexibility index (Phi) is 17.0. The summed E-state index contributed by atoms with van der Waals surface area (Å²) in [4.78, 5) is 87.0. The van der Waals surface area contributed by atoms with E-state index in [0.29, 0.717) is 12.1 Å². The second-order valence-corrected chi connectivity index (χ2v) is 11.1. The summed E-state index contributed by atoms with van der Waals surface area (Å²) in [7, 11) is 0. The fourth-order valence-electron chi connectivity index (χ4n) is 4.20. The minimum atomic E-state index is -1.30. The second-order valence-electron chi connectivity index (χ2n) is 11.1. The molecule has 5 atom stereocenters. The molecule has 16 heteroatoms. The van der Waals surface area contributed by atoms with E-state index in [1.54, 1.807) is 51.1 Å². The van der Waals surface area contributed by atoms with Gasteiger partial charge in [0.2, 0.25) is 35.4 Å². The van der Waals surface area contributed by atoms with Crippen LogP contribution in [0.3, 0.4) is 0 Å². The molecule has 0 fully saturated rings. The minimum Gasteiger partial charge on any atom is -0.370 e. The lowest BCUT2D eigenvalue weighted by atomic mass is 9.96. The van der Waals surface area contributed by atoms with Crippen molar-refractivity contribution in [3.63, 3.8) is 0 Å². The van der Waals surface area contributed by atoms with E-state index in [4.69, 9.17) is 11.5 Å². The van der Waals surface area contributed by atoms with Crippen molar-refractivity contribution >= 4 is 53.4 Å². The number of carbonyl (C=O) groups excluding carboxylic acids is 7. The first-order valence-corrected chi connectivity index (χ1v) is 15.1. The summed E-state index contributed by atoms with van der Waals surface area (Å²) in [5, 5.41) is 16.7. The van der Waals surface area contributed by atoms with Gasteiger partial charge in [-0.05, 0) is 43.2 Å². The Hall–Kier alpha value is -5.02. The molecule has 0 aliphatic rings. The van der Waals surface area contributed by atoms with Crippen LogP contribution in [-0.4, -0.2) is 71.9 Å². The first kappa shape index (κ1) is 39.0. The van der Waals surface area contributed by atoms with Crippen LogP contribution in [0.4, 0.5) is 10.5 Å². The highest BCUT2D eigenvalue weighted by atomic mass is 16.2. The Labute approximate surface area is 268 Å². The number of primary amides is 2. The Morgan fingerprint density at radius 2 is 1.39 bits per heavy atom. The van der Waals surface area contributed by atoms with Gasteiger partial charge in [0.1, 0.15) is 24.2 Å². The van der Waals surface area contributed by atoms with Gasteiger partial charge in [0, 0.05) is 25.2 Å². The van der Waals surface area contributed by atoms with E-state index in [1.165, 1.54) is 13.1 Å². The number of anilines is 1. The molecular weight excluding hydrogens is 598 g/mol. The number of hydrazone groups is 1. The van der Waals surface area contributed by atoms with E-state index in [2.05, 4.69) is 37.1 Å². The van der Waals surface area contributed by atoms with Crippen molar-refractivity contribution in [3.05, 3.63) is 30.3 Å². The van der Waals surface area contributed by atoms with E-state index in [1.807, 2.05) is 6.92 Å². The highest BCUT2D eigenvalue weighted by Gasteiger charge is 2.33. The molecule has 16 nitrogen and oxygen atoms in total. The number of benzene rings is 1. The molecule has 0 radical (unpaired) electrons. The molecule has 8 amide bonds. The van der Waals surface area contributed by atoms with Crippen molar-refractivity contribution in [2.24, 2.45) is 28.4 Å². The van der Waals surface area contributed by atoms with Crippen molar-refractivity contribution in [1.29, 1.82) is 0 Å².